The fraction of sp³-hybridized carbons (Fsp3) is 0.100. The lowest BCUT2D eigenvalue weighted by Crippen LogP contribution is -2.62. The number of fused-ring (bicyclic) bond motifs is 12. The fourth-order valence-electron chi connectivity index (χ4n) is 9.42. The largest absolute Gasteiger partial charge is 0.458 e. The van der Waals surface area contributed by atoms with Crippen molar-refractivity contribution in [3.8, 4) is 56.4 Å². The van der Waals surface area contributed by atoms with Crippen molar-refractivity contribution in [2.75, 3.05) is 0 Å². The molecule has 43 heavy (non-hydrogen) atoms. The van der Waals surface area contributed by atoms with E-state index in [1.54, 1.807) is 0 Å². The molecule has 0 bridgehead atoms. The molecule has 3 heteroatoms. The Bertz CT molecular complexity index is 2330. The van der Waals surface area contributed by atoms with Gasteiger partial charge in [-0.2, -0.15) is 0 Å². The fourth-order valence-corrected chi connectivity index (χ4v) is 9.42. The highest BCUT2D eigenvalue weighted by atomic mass is 16.5. The molecule has 0 amide bonds. The molecule has 0 atom stereocenters. The summed E-state index contributed by atoms with van der Waals surface area (Å²) in [6.07, 6.45) is 3.79. The number of rotatable bonds is 0. The normalized spacial score (nSPS) is 15.4. The van der Waals surface area contributed by atoms with Crippen molar-refractivity contribution in [3.05, 3.63) is 136 Å². The van der Waals surface area contributed by atoms with E-state index in [9.17, 15) is 0 Å². The van der Waals surface area contributed by atoms with Crippen molar-refractivity contribution < 1.29 is 9.47 Å². The molecule has 3 heterocycles. The van der Waals surface area contributed by atoms with Gasteiger partial charge in [-0.1, -0.05) is 78.9 Å². The molecule has 3 aliphatic carbocycles. The summed E-state index contributed by atoms with van der Waals surface area (Å²) in [7, 11) is 0. The van der Waals surface area contributed by atoms with Crippen molar-refractivity contribution in [1.29, 1.82) is 0 Å². The molecular weight excluding hydrogens is 523 g/mol. The van der Waals surface area contributed by atoms with E-state index >= 15 is 0 Å². The Kier molecular flexibility index (Phi) is 3.59. The lowest BCUT2D eigenvalue weighted by atomic mass is 9.31. The van der Waals surface area contributed by atoms with Crippen molar-refractivity contribution >= 4 is 23.1 Å². The predicted molar refractivity (Wildman–Crippen MR) is 172 cm³/mol. The SMILES string of the molecule is c1ccc2c(c1)Cc1c-2cc2c3c1Cc1cc4c(c5c1B3c1c(cc3c(c1O5)-c1ccccc1C3)O2)-c1ccccc1C4. The number of hydrogen-bond acceptors (Lipinski definition) is 2. The van der Waals surface area contributed by atoms with Gasteiger partial charge < -0.3 is 9.47 Å². The van der Waals surface area contributed by atoms with Crippen LogP contribution in [0.3, 0.4) is 0 Å². The van der Waals surface area contributed by atoms with Gasteiger partial charge in [0.2, 0.25) is 0 Å². The van der Waals surface area contributed by atoms with E-state index in [1.165, 1.54) is 94.3 Å². The predicted octanol–water partition coefficient (Wildman–Crippen LogP) is 7.03. The standard InChI is InChI=1S/C40H23BO2/c1-4-10-26-22(9-1)16-29-30(26)19-33-37-31(29)17-25-15-23-13-20-7-2-5-11-27(20)34(23)39-36(25)41(37)38-32(42-33)18-24-14-21-8-3-6-12-28(21)35(24)40(38)43-39/h1-12,15,18-19H,13-14,16-17H2. The Balaban J connectivity index is 1.22. The van der Waals surface area contributed by atoms with E-state index < -0.39 is 0 Å². The number of hydrogen-bond donors (Lipinski definition) is 0. The lowest BCUT2D eigenvalue weighted by Gasteiger charge is -2.40. The van der Waals surface area contributed by atoms with Gasteiger partial charge in [-0.25, -0.2) is 0 Å². The quantitative estimate of drug-likeness (QED) is 0.190. The summed E-state index contributed by atoms with van der Waals surface area (Å²) < 4.78 is 14.3. The average Bonchev–Trinajstić information content (AvgIpc) is 3.72. The molecule has 0 fully saturated rings. The molecule has 3 aliphatic heterocycles. The maximum Gasteiger partial charge on any atom is 0.261 e. The minimum absolute atomic E-state index is 0.112. The van der Waals surface area contributed by atoms with E-state index in [0.29, 0.717) is 0 Å². The zero-order valence-electron chi connectivity index (χ0n) is 23.4. The minimum Gasteiger partial charge on any atom is -0.458 e. The van der Waals surface area contributed by atoms with Crippen molar-refractivity contribution in [1.82, 2.24) is 0 Å². The summed E-state index contributed by atoms with van der Waals surface area (Å²) in [5, 5.41) is 0. The summed E-state index contributed by atoms with van der Waals surface area (Å²) in [5.41, 5.74) is 23.1. The summed E-state index contributed by atoms with van der Waals surface area (Å²) in [6, 6.07) is 33.9. The highest BCUT2D eigenvalue weighted by molar-refractivity contribution is 6.99. The Morgan fingerprint density at radius 3 is 1.74 bits per heavy atom. The van der Waals surface area contributed by atoms with Crippen LogP contribution in [0, 0.1) is 0 Å². The van der Waals surface area contributed by atoms with Gasteiger partial charge in [0.15, 0.2) is 0 Å². The van der Waals surface area contributed by atoms with Gasteiger partial charge in [0.05, 0.1) is 0 Å². The molecule has 0 unspecified atom stereocenters. The van der Waals surface area contributed by atoms with Crippen LogP contribution in [0.25, 0.3) is 33.4 Å². The highest BCUT2D eigenvalue weighted by Crippen LogP contribution is 2.53. The Hall–Kier alpha value is -5.02. The van der Waals surface area contributed by atoms with Crippen molar-refractivity contribution in [2.24, 2.45) is 0 Å². The van der Waals surface area contributed by atoms with Gasteiger partial charge in [0.1, 0.15) is 23.0 Å². The van der Waals surface area contributed by atoms with Crippen LogP contribution in [0.15, 0.2) is 91.0 Å². The molecule has 0 aromatic heterocycles. The van der Waals surface area contributed by atoms with E-state index in [2.05, 4.69) is 91.0 Å². The highest BCUT2D eigenvalue weighted by Gasteiger charge is 2.49. The summed E-state index contributed by atoms with van der Waals surface area (Å²) >= 11 is 0. The van der Waals surface area contributed by atoms with Gasteiger partial charge in [-0.15, -0.1) is 0 Å². The molecular formula is C40H23BO2. The van der Waals surface area contributed by atoms with Gasteiger partial charge in [-0.3, -0.25) is 0 Å². The van der Waals surface area contributed by atoms with Crippen LogP contribution in [0.1, 0.15) is 44.5 Å². The maximum absolute atomic E-state index is 7.31. The molecule has 12 rings (SSSR count). The minimum atomic E-state index is 0.112. The molecule has 0 N–H and O–H groups in total. The molecule has 0 saturated carbocycles. The molecule has 6 aromatic rings. The van der Waals surface area contributed by atoms with Gasteiger partial charge in [-0.05, 0) is 116 Å². The first-order valence-corrected chi connectivity index (χ1v) is 15.5. The molecule has 6 aliphatic rings. The Labute approximate surface area is 249 Å². The van der Waals surface area contributed by atoms with Gasteiger partial charge >= 0.3 is 0 Å². The summed E-state index contributed by atoms with van der Waals surface area (Å²) in [6.45, 7) is 0.112. The molecule has 0 spiro atoms. The first-order valence-electron chi connectivity index (χ1n) is 15.5. The number of benzene rings is 6. The second-order valence-electron chi connectivity index (χ2n) is 13.1. The Morgan fingerprint density at radius 1 is 0.419 bits per heavy atom. The molecule has 0 radical (unpaired) electrons. The first kappa shape index (κ1) is 21.7. The number of ether oxygens (including phenoxy) is 2. The van der Waals surface area contributed by atoms with Crippen LogP contribution in [0.2, 0.25) is 0 Å². The summed E-state index contributed by atoms with van der Waals surface area (Å²) in [5.74, 6) is 4.10. The van der Waals surface area contributed by atoms with E-state index in [0.717, 1.165) is 48.7 Å². The molecule has 198 valence electrons. The van der Waals surface area contributed by atoms with Crippen molar-refractivity contribution in [2.45, 2.75) is 25.7 Å². The third-order valence-corrected chi connectivity index (χ3v) is 11.1. The zero-order valence-corrected chi connectivity index (χ0v) is 23.4. The van der Waals surface area contributed by atoms with Crippen LogP contribution in [-0.4, -0.2) is 6.71 Å². The van der Waals surface area contributed by atoms with Gasteiger partial charge in [0.25, 0.3) is 6.71 Å². The summed E-state index contributed by atoms with van der Waals surface area (Å²) in [4.78, 5) is 0. The van der Waals surface area contributed by atoms with E-state index in [4.69, 9.17) is 9.47 Å². The maximum atomic E-state index is 7.31. The third kappa shape index (κ3) is 2.45. The van der Waals surface area contributed by atoms with Crippen LogP contribution in [-0.2, 0) is 25.7 Å². The molecule has 2 nitrogen and oxygen atoms in total. The van der Waals surface area contributed by atoms with Crippen LogP contribution in [0.4, 0.5) is 0 Å². The third-order valence-electron chi connectivity index (χ3n) is 11.1. The van der Waals surface area contributed by atoms with E-state index in [-0.39, 0.29) is 6.71 Å². The monoisotopic (exact) mass is 546 g/mol. The lowest BCUT2D eigenvalue weighted by molar-refractivity contribution is 0.464. The van der Waals surface area contributed by atoms with Crippen LogP contribution in [0.5, 0.6) is 23.0 Å². The van der Waals surface area contributed by atoms with Crippen molar-refractivity contribution in [3.63, 3.8) is 0 Å². The topological polar surface area (TPSA) is 18.5 Å². The Morgan fingerprint density at radius 2 is 1.00 bits per heavy atom. The first-order chi connectivity index (χ1) is 21.3. The molecule has 0 saturated heterocycles. The van der Waals surface area contributed by atoms with Crippen LogP contribution < -0.4 is 25.9 Å². The van der Waals surface area contributed by atoms with Crippen LogP contribution >= 0.6 is 0 Å². The second-order valence-corrected chi connectivity index (χ2v) is 13.1. The average molecular weight is 546 g/mol. The molecule has 6 aromatic carbocycles. The van der Waals surface area contributed by atoms with Gasteiger partial charge in [0, 0.05) is 16.6 Å². The van der Waals surface area contributed by atoms with E-state index in [1.807, 2.05) is 0 Å². The second kappa shape index (κ2) is 7.13. The zero-order chi connectivity index (χ0) is 27.6. The smallest absolute Gasteiger partial charge is 0.261 e.